The zero-order valence-electron chi connectivity index (χ0n) is 34.6. The molecular weight excluding hydrogens is 771 g/mol. The minimum Gasteiger partial charge on any atom is -0.340 e. The molecule has 5 nitrogen and oxygen atoms in total. The standard InChI is InChI=1S/C58H43N3O2/c1-5-16-41(17-6-1)43-28-32-47(33-29-43)61(48-34-30-44(31-35-48)42-18-7-2-8-19-42)56-39-54-51(49-24-13-14-26-53(49)58(54)62-36-37-63-58)38-52(56)50-25-15-27-55-57(50)60(46-22-11-4-12-23-46)40-59(55)45-20-9-3-10-21-45/h1-35,38-39H,36-37,40H2. The molecule has 3 aliphatic rings. The topological polar surface area (TPSA) is 28.2 Å². The number of para-hydroxylation sites is 3. The SMILES string of the molecule is c1ccc(-c2ccc(N(c3ccc(-c4ccccc4)cc3)c3cc4c(cc3-c3cccc5c3N(c3ccccc3)CN5c3ccccc3)-c3ccccc3C43OCCO3)cc2)cc1. The summed E-state index contributed by atoms with van der Waals surface area (Å²) in [6.07, 6.45) is 0. The summed E-state index contributed by atoms with van der Waals surface area (Å²) in [4.78, 5) is 7.30. The summed E-state index contributed by atoms with van der Waals surface area (Å²) in [5, 5.41) is 0. The van der Waals surface area contributed by atoms with Crippen LogP contribution in [0.3, 0.4) is 0 Å². The second-order valence-electron chi connectivity index (χ2n) is 16.3. The van der Waals surface area contributed by atoms with Crippen LogP contribution in [0.1, 0.15) is 11.1 Å². The van der Waals surface area contributed by atoms with Crippen LogP contribution in [0.5, 0.6) is 0 Å². The molecule has 0 radical (unpaired) electrons. The number of rotatable bonds is 8. The van der Waals surface area contributed by atoms with Gasteiger partial charge in [-0.05, 0) is 100 Å². The normalized spacial score (nSPS) is 14.4. The molecule has 2 heterocycles. The average molecular weight is 814 g/mol. The Balaban J connectivity index is 1.13. The van der Waals surface area contributed by atoms with Gasteiger partial charge in [0.1, 0.15) is 6.67 Å². The second-order valence-corrected chi connectivity index (χ2v) is 16.3. The fourth-order valence-electron chi connectivity index (χ4n) is 9.84. The van der Waals surface area contributed by atoms with E-state index in [9.17, 15) is 0 Å². The van der Waals surface area contributed by atoms with Gasteiger partial charge in [-0.1, -0.05) is 158 Å². The van der Waals surface area contributed by atoms with Gasteiger partial charge in [0.15, 0.2) is 0 Å². The molecule has 0 atom stereocenters. The van der Waals surface area contributed by atoms with Crippen LogP contribution in [0.25, 0.3) is 44.5 Å². The first-order valence-corrected chi connectivity index (χ1v) is 21.7. The van der Waals surface area contributed by atoms with E-state index in [1.807, 2.05) is 0 Å². The Morgan fingerprint density at radius 2 is 0.873 bits per heavy atom. The van der Waals surface area contributed by atoms with Crippen molar-refractivity contribution in [3.8, 4) is 44.5 Å². The molecule has 0 aromatic heterocycles. The molecule has 63 heavy (non-hydrogen) atoms. The highest BCUT2D eigenvalue weighted by molar-refractivity contribution is 6.03. The van der Waals surface area contributed by atoms with Crippen molar-refractivity contribution in [3.63, 3.8) is 0 Å². The van der Waals surface area contributed by atoms with Gasteiger partial charge in [-0.3, -0.25) is 0 Å². The van der Waals surface area contributed by atoms with Gasteiger partial charge in [-0.2, -0.15) is 0 Å². The summed E-state index contributed by atoms with van der Waals surface area (Å²) in [5.41, 5.74) is 18.9. The average Bonchev–Trinajstić information content (AvgIpc) is 4.09. The Morgan fingerprint density at radius 1 is 0.381 bits per heavy atom. The molecule has 1 fully saturated rings. The lowest BCUT2D eigenvalue weighted by Crippen LogP contribution is -2.26. The molecule has 0 bridgehead atoms. The van der Waals surface area contributed by atoms with Crippen molar-refractivity contribution in [2.75, 3.05) is 34.6 Å². The molecule has 9 aromatic carbocycles. The molecule has 1 aliphatic carbocycles. The summed E-state index contributed by atoms with van der Waals surface area (Å²) < 4.78 is 13.5. The van der Waals surface area contributed by atoms with Crippen LogP contribution >= 0.6 is 0 Å². The lowest BCUT2D eigenvalue weighted by molar-refractivity contribution is -0.126. The van der Waals surface area contributed by atoms with Crippen LogP contribution in [-0.4, -0.2) is 19.9 Å². The lowest BCUT2D eigenvalue weighted by atomic mass is 9.92. The van der Waals surface area contributed by atoms with E-state index >= 15 is 0 Å². The van der Waals surface area contributed by atoms with Crippen molar-refractivity contribution >= 4 is 39.8 Å². The van der Waals surface area contributed by atoms with E-state index in [0.717, 1.165) is 84.3 Å². The number of benzene rings is 9. The van der Waals surface area contributed by atoms with E-state index in [0.29, 0.717) is 19.9 Å². The van der Waals surface area contributed by atoms with Crippen molar-refractivity contribution in [1.82, 2.24) is 0 Å². The highest BCUT2D eigenvalue weighted by Gasteiger charge is 2.49. The molecule has 2 aliphatic heterocycles. The number of hydrogen-bond donors (Lipinski definition) is 0. The molecule has 5 heteroatoms. The van der Waals surface area contributed by atoms with E-state index in [4.69, 9.17) is 9.47 Å². The monoisotopic (exact) mass is 813 g/mol. The highest BCUT2D eigenvalue weighted by Crippen LogP contribution is 2.58. The maximum absolute atomic E-state index is 6.73. The third-order valence-corrected chi connectivity index (χ3v) is 12.7. The summed E-state index contributed by atoms with van der Waals surface area (Å²) in [5.74, 6) is -1.00. The van der Waals surface area contributed by atoms with E-state index in [1.54, 1.807) is 0 Å². The van der Waals surface area contributed by atoms with Crippen molar-refractivity contribution < 1.29 is 9.47 Å². The Hall–Kier alpha value is -7.70. The maximum Gasteiger partial charge on any atom is 0.223 e. The van der Waals surface area contributed by atoms with Crippen LogP contribution in [0.4, 0.5) is 39.8 Å². The zero-order chi connectivity index (χ0) is 41.7. The smallest absolute Gasteiger partial charge is 0.223 e. The third kappa shape index (κ3) is 6.24. The van der Waals surface area contributed by atoms with Crippen molar-refractivity contribution in [3.05, 3.63) is 236 Å². The van der Waals surface area contributed by atoms with Gasteiger partial charge < -0.3 is 24.2 Å². The van der Waals surface area contributed by atoms with Gasteiger partial charge in [0.05, 0.1) is 30.3 Å². The van der Waals surface area contributed by atoms with Crippen molar-refractivity contribution in [2.24, 2.45) is 0 Å². The van der Waals surface area contributed by atoms with E-state index in [1.165, 1.54) is 11.1 Å². The quantitative estimate of drug-likeness (QED) is 0.152. The summed E-state index contributed by atoms with van der Waals surface area (Å²) in [6.45, 7) is 1.70. The van der Waals surface area contributed by atoms with Crippen molar-refractivity contribution in [2.45, 2.75) is 5.79 Å². The van der Waals surface area contributed by atoms with E-state index in [-0.39, 0.29) is 0 Å². The molecule has 0 N–H and O–H groups in total. The molecule has 0 amide bonds. The molecule has 0 saturated carbocycles. The molecular formula is C58H43N3O2. The predicted octanol–water partition coefficient (Wildman–Crippen LogP) is 14.6. The minimum absolute atomic E-state index is 0.518. The first-order chi connectivity index (χ1) is 31.2. The van der Waals surface area contributed by atoms with Gasteiger partial charge in [-0.15, -0.1) is 0 Å². The third-order valence-electron chi connectivity index (χ3n) is 12.7. The van der Waals surface area contributed by atoms with Gasteiger partial charge in [0, 0.05) is 45.0 Å². The van der Waals surface area contributed by atoms with Crippen molar-refractivity contribution in [1.29, 1.82) is 0 Å². The Labute approximate surface area is 368 Å². The second kappa shape index (κ2) is 15.3. The molecule has 0 unspecified atom stereocenters. The molecule has 302 valence electrons. The highest BCUT2D eigenvalue weighted by atomic mass is 16.7. The number of nitrogens with zero attached hydrogens (tertiary/aromatic N) is 3. The number of ether oxygens (including phenoxy) is 2. The van der Waals surface area contributed by atoms with Crippen LogP contribution in [0, 0.1) is 0 Å². The molecule has 9 aromatic rings. The van der Waals surface area contributed by atoms with E-state index < -0.39 is 5.79 Å². The lowest BCUT2D eigenvalue weighted by Gasteiger charge is -2.32. The number of hydrogen-bond acceptors (Lipinski definition) is 5. The molecule has 1 saturated heterocycles. The fraction of sp³-hybridized carbons (Fsp3) is 0.0690. The van der Waals surface area contributed by atoms with Gasteiger partial charge in [-0.25, -0.2) is 0 Å². The zero-order valence-corrected chi connectivity index (χ0v) is 34.6. The fourth-order valence-corrected chi connectivity index (χ4v) is 9.84. The first-order valence-electron chi connectivity index (χ1n) is 21.7. The Bertz CT molecular complexity index is 2990. The van der Waals surface area contributed by atoms with Crippen LogP contribution in [-0.2, 0) is 15.3 Å². The minimum atomic E-state index is -1.00. The van der Waals surface area contributed by atoms with Gasteiger partial charge >= 0.3 is 0 Å². The van der Waals surface area contributed by atoms with Gasteiger partial charge in [0.2, 0.25) is 5.79 Å². The molecule has 1 spiro atoms. The summed E-state index contributed by atoms with van der Waals surface area (Å²) in [6, 6.07) is 80.7. The van der Waals surface area contributed by atoms with Crippen LogP contribution < -0.4 is 14.7 Å². The summed E-state index contributed by atoms with van der Waals surface area (Å²) >= 11 is 0. The summed E-state index contributed by atoms with van der Waals surface area (Å²) in [7, 11) is 0. The Kier molecular flexibility index (Phi) is 9.03. The Morgan fingerprint density at radius 3 is 1.46 bits per heavy atom. The van der Waals surface area contributed by atoms with Gasteiger partial charge in [0.25, 0.3) is 0 Å². The van der Waals surface area contributed by atoms with Crippen LogP contribution in [0.2, 0.25) is 0 Å². The largest absolute Gasteiger partial charge is 0.340 e. The number of anilines is 7. The predicted molar refractivity (Wildman–Crippen MR) is 258 cm³/mol. The maximum atomic E-state index is 6.73. The van der Waals surface area contributed by atoms with Crippen LogP contribution in [0.15, 0.2) is 224 Å². The van der Waals surface area contributed by atoms with E-state index in [2.05, 4.69) is 239 Å². The molecule has 12 rings (SSSR count). The number of fused-ring (bicyclic) bond motifs is 6. The first kappa shape index (κ1) is 37.1.